The fraction of sp³-hybridized carbons (Fsp3) is 0.417. The van der Waals surface area contributed by atoms with Gasteiger partial charge in [-0.25, -0.2) is 0 Å². The van der Waals surface area contributed by atoms with Gasteiger partial charge in [0.2, 0.25) is 5.91 Å². The molecule has 0 aromatic heterocycles. The third-order valence-corrected chi connectivity index (χ3v) is 6.04. The number of anilines is 1. The fourth-order valence-corrected chi connectivity index (χ4v) is 4.48. The molecule has 2 aromatic carbocycles. The van der Waals surface area contributed by atoms with Crippen LogP contribution >= 0.6 is 11.8 Å². The number of hydrogen-bond donors (Lipinski definition) is 2. The summed E-state index contributed by atoms with van der Waals surface area (Å²) in [5.74, 6) is 1.08. The predicted octanol–water partition coefficient (Wildman–Crippen LogP) is 4.87. The molecule has 0 radical (unpaired) electrons. The summed E-state index contributed by atoms with van der Waals surface area (Å²) in [5.41, 5.74) is 2.37. The quantitative estimate of drug-likeness (QED) is 0.561. The number of ether oxygens (including phenoxy) is 1. The molecule has 2 amide bonds. The molecule has 6 heteroatoms. The Labute approximate surface area is 183 Å². The van der Waals surface area contributed by atoms with Crippen molar-refractivity contribution in [2.75, 3.05) is 17.7 Å². The molecule has 0 spiro atoms. The van der Waals surface area contributed by atoms with E-state index >= 15 is 0 Å². The molecule has 5 nitrogen and oxygen atoms in total. The smallest absolute Gasteiger partial charge is 0.252 e. The Balaban J connectivity index is 1.56. The van der Waals surface area contributed by atoms with Crippen molar-refractivity contribution in [2.45, 2.75) is 50.7 Å². The first kappa shape index (κ1) is 22.4. The highest BCUT2D eigenvalue weighted by atomic mass is 32.2. The van der Waals surface area contributed by atoms with Gasteiger partial charge in [0, 0.05) is 35.9 Å². The molecule has 1 unspecified atom stereocenters. The van der Waals surface area contributed by atoms with E-state index < -0.39 is 0 Å². The van der Waals surface area contributed by atoms with E-state index in [-0.39, 0.29) is 17.9 Å². The lowest BCUT2D eigenvalue weighted by Gasteiger charge is -2.13. The van der Waals surface area contributed by atoms with Crippen LogP contribution in [0.5, 0.6) is 0 Å². The summed E-state index contributed by atoms with van der Waals surface area (Å²) < 4.78 is 5.69. The fourth-order valence-electron chi connectivity index (χ4n) is 3.36. The van der Waals surface area contributed by atoms with Crippen molar-refractivity contribution in [3.8, 4) is 0 Å². The molecule has 0 aliphatic carbocycles. The zero-order valence-corrected chi connectivity index (χ0v) is 18.5. The van der Waals surface area contributed by atoms with Gasteiger partial charge in [0.15, 0.2) is 0 Å². The minimum atomic E-state index is -0.0975. The minimum absolute atomic E-state index is 0.00313. The predicted molar refractivity (Wildman–Crippen MR) is 122 cm³/mol. The molecule has 0 saturated carbocycles. The zero-order chi connectivity index (χ0) is 21.3. The van der Waals surface area contributed by atoms with Crippen LogP contribution in [0, 0.1) is 5.92 Å². The molecule has 1 atom stereocenters. The third kappa shape index (κ3) is 6.89. The van der Waals surface area contributed by atoms with E-state index in [2.05, 4.69) is 10.6 Å². The first-order valence-electron chi connectivity index (χ1n) is 10.5. The highest BCUT2D eigenvalue weighted by Gasteiger charge is 2.18. The van der Waals surface area contributed by atoms with Gasteiger partial charge in [-0.15, -0.1) is 11.8 Å². The second-order valence-corrected chi connectivity index (χ2v) is 9.03. The van der Waals surface area contributed by atoms with Crippen LogP contribution in [0.1, 0.15) is 49.0 Å². The average Bonchev–Trinajstić information content (AvgIpc) is 3.24. The van der Waals surface area contributed by atoms with Gasteiger partial charge in [-0.2, -0.15) is 0 Å². The summed E-state index contributed by atoms with van der Waals surface area (Å²) in [6.07, 6.45) is 2.97. The highest BCUT2D eigenvalue weighted by Crippen LogP contribution is 2.26. The van der Waals surface area contributed by atoms with Crippen molar-refractivity contribution in [1.29, 1.82) is 0 Å². The van der Waals surface area contributed by atoms with Crippen LogP contribution in [0.2, 0.25) is 0 Å². The van der Waals surface area contributed by atoms with Gasteiger partial charge < -0.3 is 15.4 Å². The highest BCUT2D eigenvalue weighted by molar-refractivity contribution is 7.99. The molecule has 2 N–H and O–H groups in total. The van der Waals surface area contributed by atoms with Crippen molar-refractivity contribution >= 4 is 29.3 Å². The number of hydrogen-bond acceptors (Lipinski definition) is 4. The number of rotatable bonds is 9. The van der Waals surface area contributed by atoms with Gasteiger partial charge in [0.25, 0.3) is 5.91 Å². The number of carbonyl (C=O) groups is 2. The number of thioether (sulfide) groups is 1. The minimum Gasteiger partial charge on any atom is -0.377 e. The first-order valence-corrected chi connectivity index (χ1v) is 11.5. The summed E-state index contributed by atoms with van der Waals surface area (Å²) in [6, 6.07) is 15.3. The zero-order valence-electron chi connectivity index (χ0n) is 17.6. The van der Waals surface area contributed by atoms with Gasteiger partial charge in [0.1, 0.15) is 0 Å². The van der Waals surface area contributed by atoms with Crippen LogP contribution in [0.25, 0.3) is 0 Å². The van der Waals surface area contributed by atoms with Crippen molar-refractivity contribution in [3.05, 3.63) is 59.7 Å². The van der Waals surface area contributed by atoms with Crippen molar-refractivity contribution < 1.29 is 14.3 Å². The molecule has 1 aliphatic heterocycles. The summed E-state index contributed by atoms with van der Waals surface area (Å²) >= 11 is 1.67. The van der Waals surface area contributed by atoms with Gasteiger partial charge >= 0.3 is 0 Å². The Bertz CT molecular complexity index is 863. The molecular weight excluding hydrogens is 396 g/mol. The van der Waals surface area contributed by atoms with Crippen molar-refractivity contribution in [2.24, 2.45) is 5.92 Å². The molecule has 2 aromatic rings. The number of amides is 2. The normalized spacial score (nSPS) is 15.9. The van der Waals surface area contributed by atoms with E-state index in [9.17, 15) is 9.59 Å². The SMILES string of the molecule is CC(C)CC(=O)Nc1cccc(CNC(=O)c2ccccc2SCC2CCCO2)c1. The summed E-state index contributed by atoms with van der Waals surface area (Å²) in [4.78, 5) is 25.8. The number of nitrogens with one attached hydrogen (secondary N) is 2. The molecule has 3 rings (SSSR count). The summed E-state index contributed by atoms with van der Waals surface area (Å²) in [6.45, 7) is 5.27. The number of benzene rings is 2. The van der Waals surface area contributed by atoms with E-state index in [1.165, 1.54) is 0 Å². The van der Waals surface area contributed by atoms with Crippen LogP contribution in [0.15, 0.2) is 53.4 Å². The molecule has 1 heterocycles. The Kier molecular flexibility index (Phi) is 8.34. The molecule has 0 bridgehead atoms. The van der Waals surface area contributed by atoms with E-state index in [0.717, 1.165) is 41.3 Å². The monoisotopic (exact) mass is 426 g/mol. The van der Waals surface area contributed by atoms with Crippen LogP contribution < -0.4 is 10.6 Å². The molecule has 160 valence electrons. The maximum Gasteiger partial charge on any atom is 0.252 e. The second-order valence-electron chi connectivity index (χ2n) is 7.97. The Morgan fingerprint density at radius 1 is 1.17 bits per heavy atom. The molecular formula is C24H30N2O3S. The largest absolute Gasteiger partial charge is 0.377 e. The summed E-state index contributed by atoms with van der Waals surface area (Å²) in [5, 5.41) is 5.92. The topological polar surface area (TPSA) is 67.4 Å². The standard InChI is InChI=1S/C24H30N2O3S/c1-17(2)13-23(27)26-19-8-5-7-18(14-19)15-25-24(28)21-10-3-4-11-22(21)30-16-20-9-6-12-29-20/h3-5,7-8,10-11,14,17,20H,6,9,12-13,15-16H2,1-2H3,(H,25,28)(H,26,27). The Hall–Kier alpha value is -2.31. The molecule has 1 fully saturated rings. The van der Waals surface area contributed by atoms with Gasteiger partial charge in [-0.05, 0) is 48.6 Å². The summed E-state index contributed by atoms with van der Waals surface area (Å²) in [7, 11) is 0. The van der Waals surface area contributed by atoms with Crippen LogP contribution in [0.4, 0.5) is 5.69 Å². The van der Waals surface area contributed by atoms with Gasteiger partial charge in [-0.1, -0.05) is 38.1 Å². The lowest BCUT2D eigenvalue weighted by Crippen LogP contribution is -2.23. The van der Waals surface area contributed by atoms with E-state index in [1.807, 2.05) is 62.4 Å². The lowest BCUT2D eigenvalue weighted by molar-refractivity contribution is -0.116. The van der Waals surface area contributed by atoms with Crippen molar-refractivity contribution in [1.82, 2.24) is 5.32 Å². The van der Waals surface area contributed by atoms with E-state index in [4.69, 9.17) is 4.74 Å². The first-order chi connectivity index (χ1) is 14.5. The maximum absolute atomic E-state index is 12.8. The lowest BCUT2D eigenvalue weighted by atomic mass is 10.1. The number of carbonyl (C=O) groups excluding carboxylic acids is 2. The van der Waals surface area contributed by atoms with E-state index in [0.29, 0.717) is 24.4 Å². The Morgan fingerprint density at radius 3 is 2.77 bits per heavy atom. The van der Waals surface area contributed by atoms with Crippen LogP contribution in [-0.4, -0.2) is 30.3 Å². The molecule has 30 heavy (non-hydrogen) atoms. The van der Waals surface area contributed by atoms with Gasteiger partial charge in [0.05, 0.1) is 11.7 Å². The second kappa shape index (κ2) is 11.2. The molecule has 1 aliphatic rings. The van der Waals surface area contributed by atoms with Crippen LogP contribution in [0.3, 0.4) is 0 Å². The van der Waals surface area contributed by atoms with E-state index in [1.54, 1.807) is 11.8 Å². The third-order valence-electron chi connectivity index (χ3n) is 4.84. The maximum atomic E-state index is 12.8. The van der Waals surface area contributed by atoms with Gasteiger partial charge in [-0.3, -0.25) is 9.59 Å². The Morgan fingerprint density at radius 2 is 2.00 bits per heavy atom. The van der Waals surface area contributed by atoms with Crippen molar-refractivity contribution in [3.63, 3.8) is 0 Å². The van der Waals surface area contributed by atoms with Crippen LogP contribution in [-0.2, 0) is 16.1 Å². The average molecular weight is 427 g/mol. The molecule has 1 saturated heterocycles.